The third kappa shape index (κ3) is 2.47. The summed E-state index contributed by atoms with van der Waals surface area (Å²) >= 11 is 0. The highest BCUT2D eigenvalue weighted by molar-refractivity contribution is 6.10. The summed E-state index contributed by atoms with van der Waals surface area (Å²) in [6.07, 6.45) is 8.05. The second kappa shape index (κ2) is 4.83. The molecule has 0 radical (unpaired) electrons. The zero-order valence-corrected chi connectivity index (χ0v) is 14.1. The standard InChI is InChI=1S/C20H27N/c1-14-12-16-17(20(4,5)10-9-19(16,2)3)13-15(14)18-8-6-7-11-21-18/h6,8,12-13H,7,9-11H2,1-5H3. The maximum absolute atomic E-state index is 4.72. The number of fused-ring (bicyclic) bond motifs is 1. The number of hydrogen-bond acceptors (Lipinski definition) is 1. The monoisotopic (exact) mass is 281 g/mol. The van der Waals surface area contributed by atoms with Crippen LogP contribution in [0.15, 0.2) is 29.3 Å². The number of hydrogen-bond donors (Lipinski definition) is 0. The highest BCUT2D eigenvalue weighted by Crippen LogP contribution is 2.46. The Bertz CT molecular complexity index is 629. The van der Waals surface area contributed by atoms with Gasteiger partial charge in [-0.25, -0.2) is 0 Å². The molecule has 0 aromatic heterocycles. The molecule has 1 aliphatic carbocycles. The van der Waals surface area contributed by atoms with Gasteiger partial charge in [-0.05, 0) is 65.8 Å². The minimum atomic E-state index is 0.270. The van der Waals surface area contributed by atoms with E-state index in [9.17, 15) is 0 Å². The molecule has 1 heterocycles. The Morgan fingerprint density at radius 2 is 1.57 bits per heavy atom. The highest BCUT2D eigenvalue weighted by Gasteiger charge is 2.37. The van der Waals surface area contributed by atoms with E-state index < -0.39 is 0 Å². The van der Waals surface area contributed by atoms with Crippen molar-refractivity contribution in [2.24, 2.45) is 4.99 Å². The van der Waals surface area contributed by atoms with Gasteiger partial charge in [0.25, 0.3) is 0 Å². The number of aliphatic imine (C=N–C) groups is 1. The maximum Gasteiger partial charge on any atom is 0.0646 e. The van der Waals surface area contributed by atoms with Gasteiger partial charge in [-0.2, -0.15) is 0 Å². The molecule has 112 valence electrons. The molecule has 0 bridgehead atoms. The van der Waals surface area contributed by atoms with E-state index in [0.717, 1.165) is 13.0 Å². The van der Waals surface area contributed by atoms with Crippen molar-refractivity contribution in [2.75, 3.05) is 6.54 Å². The molecule has 2 aliphatic rings. The summed E-state index contributed by atoms with van der Waals surface area (Å²) in [7, 11) is 0. The van der Waals surface area contributed by atoms with Crippen LogP contribution in [-0.2, 0) is 10.8 Å². The molecule has 21 heavy (non-hydrogen) atoms. The number of nitrogens with zero attached hydrogens (tertiary/aromatic N) is 1. The van der Waals surface area contributed by atoms with E-state index in [2.05, 4.69) is 58.9 Å². The quantitative estimate of drug-likeness (QED) is 0.679. The van der Waals surface area contributed by atoms with Crippen molar-refractivity contribution in [3.05, 3.63) is 46.5 Å². The predicted molar refractivity (Wildman–Crippen MR) is 91.6 cm³/mol. The summed E-state index contributed by atoms with van der Waals surface area (Å²) in [5.74, 6) is 0. The molecule has 1 nitrogen and oxygen atoms in total. The van der Waals surface area contributed by atoms with Crippen LogP contribution in [-0.4, -0.2) is 12.3 Å². The van der Waals surface area contributed by atoms with Gasteiger partial charge in [0.15, 0.2) is 0 Å². The fraction of sp³-hybridized carbons (Fsp3) is 0.550. The fourth-order valence-corrected chi connectivity index (χ4v) is 3.68. The molecule has 1 aromatic carbocycles. The van der Waals surface area contributed by atoms with Crippen molar-refractivity contribution >= 4 is 5.71 Å². The molecule has 0 atom stereocenters. The Hall–Kier alpha value is -1.37. The van der Waals surface area contributed by atoms with Gasteiger partial charge < -0.3 is 0 Å². The van der Waals surface area contributed by atoms with Gasteiger partial charge in [-0.15, -0.1) is 0 Å². The average molecular weight is 281 g/mol. The number of dihydropyridines is 1. The van der Waals surface area contributed by atoms with E-state index >= 15 is 0 Å². The van der Waals surface area contributed by atoms with Crippen molar-refractivity contribution in [1.29, 1.82) is 0 Å². The second-order valence-electron chi connectivity index (χ2n) is 7.94. The molecular weight excluding hydrogens is 254 g/mol. The smallest absolute Gasteiger partial charge is 0.0646 e. The van der Waals surface area contributed by atoms with Crippen molar-refractivity contribution in [2.45, 2.75) is 64.7 Å². The first-order valence-corrected chi connectivity index (χ1v) is 8.18. The third-order valence-electron chi connectivity index (χ3n) is 5.33. The molecule has 0 unspecified atom stereocenters. The molecular formula is C20H27N. The van der Waals surface area contributed by atoms with Crippen LogP contribution in [0.2, 0.25) is 0 Å². The molecule has 1 aliphatic heterocycles. The number of benzene rings is 1. The SMILES string of the molecule is Cc1cc2c(cc1C1=NCCC=C1)C(C)(C)CCC2(C)C. The Morgan fingerprint density at radius 1 is 0.952 bits per heavy atom. The molecule has 0 amide bonds. The predicted octanol–water partition coefficient (Wildman–Crippen LogP) is 5.09. The Balaban J connectivity index is 2.19. The van der Waals surface area contributed by atoms with Crippen molar-refractivity contribution in [3.8, 4) is 0 Å². The first-order chi connectivity index (χ1) is 9.81. The Labute approximate surface area is 129 Å². The Morgan fingerprint density at radius 3 is 2.14 bits per heavy atom. The van der Waals surface area contributed by atoms with Gasteiger partial charge in [0, 0.05) is 12.1 Å². The summed E-state index contributed by atoms with van der Waals surface area (Å²) in [4.78, 5) is 4.72. The molecule has 0 saturated carbocycles. The molecule has 1 aromatic rings. The molecule has 0 saturated heterocycles. The molecule has 0 spiro atoms. The van der Waals surface area contributed by atoms with Crippen LogP contribution in [0, 0.1) is 6.92 Å². The number of rotatable bonds is 1. The lowest BCUT2D eigenvalue weighted by Crippen LogP contribution is -2.34. The Kier molecular flexibility index (Phi) is 3.35. The zero-order valence-electron chi connectivity index (χ0n) is 14.1. The zero-order chi connectivity index (χ0) is 15.3. The van der Waals surface area contributed by atoms with E-state index in [-0.39, 0.29) is 5.41 Å². The van der Waals surface area contributed by atoms with E-state index in [1.807, 2.05) is 0 Å². The summed E-state index contributed by atoms with van der Waals surface area (Å²) < 4.78 is 0. The lowest BCUT2D eigenvalue weighted by Gasteiger charge is -2.42. The number of allylic oxidation sites excluding steroid dienone is 1. The van der Waals surface area contributed by atoms with Crippen LogP contribution in [0.1, 0.15) is 69.2 Å². The van der Waals surface area contributed by atoms with Crippen LogP contribution < -0.4 is 0 Å². The normalized spacial score (nSPS) is 22.6. The van der Waals surface area contributed by atoms with Crippen LogP contribution in [0.25, 0.3) is 0 Å². The highest BCUT2D eigenvalue weighted by atomic mass is 14.7. The fourth-order valence-electron chi connectivity index (χ4n) is 3.68. The molecule has 0 fully saturated rings. The van der Waals surface area contributed by atoms with Crippen molar-refractivity contribution in [1.82, 2.24) is 0 Å². The average Bonchev–Trinajstić information content (AvgIpc) is 2.45. The van der Waals surface area contributed by atoms with E-state index in [0.29, 0.717) is 5.41 Å². The van der Waals surface area contributed by atoms with Crippen LogP contribution in [0.5, 0.6) is 0 Å². The first kappa shape index (κ1) is 14.6. The van der Waals surface area contributed by atoms with Crippen molar-refractivity contribution < 1.29 is 0 Å². The lowest BCUT2D eigenvalue weighted by atomic mass is 9.62. The molecule has 0 N–H and O–H groups in total. The van der Waals surface area contributed by atoms with Crippen LogP contribution >= 0.6 is 0 Å². The van der Waals surface area contributed by atoms with E-state index in [1.54, 1.807) is 5.56 Å². The van der Waals surface area contributed by atoms with Crippen molar-refractivity contribution in [3.63, 3.8) is 0 Å². The summed E-state index contributed by atoms with van der Waals surface area (Å²) in [5.41, 5.74) is 7.49. The number of aryl methyl sites for hydroxylation is 1. The largest absolute Gasteiger partial charge is 0.284 e. The maximum atomic E-state index is 4.72. The third-order valence-corrected chi connectivity index (χ3v) is 5.33. The summed E-state index contributed by atoms with van der Waals surface area (Å²) in [5, 5.41) is 0. The minimum Gasteiger partial charge on any atom is -0.284 e. The van der Waals surface area contributed by atoms with E-state index in [1.165, 1.54) is 35.2 Å². The topological polar surface area (TPSA) is 12.4 Å². The molecule has 3 rings (SSSR count). The minimum absolute atomic E-state index is 0.270. The van der Waals surface area contributed by atoms with Gasteiger partial charge in [0.2, 0.25) is 0 Å². The van der Waals surface area contributed by atoms with Crippen LogP contribution in [0.3, 0.4) is 0 Å². The summed E-state index contributed by atoms with van der Waals surface area (Å²) in [6.45, 7) is 12.7. The van der Waals surface area contributed by atoms with Gasteiger partial charge in [0.1, 0.15) is 0 Å². The molecule has 1 heteroatoms. The van der Waals surface area contributed by atoms with Crippen LogP contribution in [0.4, 0.5) is 0 Å². The van der Waals surface area contributed by atoms with Gasteiger partial charge >= 0.3 is 0 Å². The van der Waals surface area contributed by atoms with Gasteiger partial charge in [0.05, 0.1) is 5.71 Å². The van der Waals surface area contributed by atoms with E-state index in [4.69, 9.17) is 4.99 Å². The summed E-state index contributed by atoms with van der Waals surface area (Å²) in [6, 6.07) is 4.86. The lowest BCUT2D eigenvalue weighted by molar-refractivity contribution is 0.331. The first-order valence-electron chi connectivity index (χ1n) is 8.18. The van der Waals surface area contributed by atoms with Gasteiger partial charge in [-0.3, -0.25) is 4.99 Å². The van der Waals surface area contributed by atoms with Gasteiger partial charge in [-0.1, -0.05) is 39.8 Å². The second-order valence-corrected chi connectivity index (χ2v) is 7.94.